The van der Waals surface area contributed by atoms with Crippen molar-refractivity contribution in [3.8, 4) is 0 Å². The molecule has 5 heteroatoms. The van der Waals surface area contributed by atoms with Crippen LogP contribution in [0.25, 0.3) is 6.08 Å². The van der Waals surface area contributed by atoms with Crippen molar-refractivity contribution in [2.75, 3.05) is 5.32 Å². The molecule has 2 rings (SSSR count). The van der Waals surface area contributed by atoms with Crippen LogP contribution in [0.5, 0.6) is 0 Å². The van der Waals surface area contributed by atoms with Gasteiger partial charge in [0, 0.05) is 6.08 Å². The summed E-state index contributed by atoms with van der Waals surface area (Å²) < 4.78 is 13.1. The third-order valence-corrected chi connectivity index (χ3v) is 3.02. The maximum atomic E-state index is 13.1. The van der Waals surface area contributed by atoms with Crippen molar-refractivity contribution < 1.29 is 19.1 Å². The molecule has 0 atom stereocenters. The molecule has 0 aliphatic carbocycles. The number of halogens is 1. The van der Waals surface area contributed by atoms with E-state index in [-0.39, 0.29) is 17.1 Å². The Morgan fingerprint density at radius 3 is 2.59 bits per heavy atom. The van der Waals surface area contributed by atoms with E-state index in [1.807, 2.05) is 0 Å². The van der Waals surface area contributed by atoms with Gasteiger partial charge in [0.15, 0.2) is 0 Å². The molecule has 0 fully saturated rings. The zero-order chi connectivity index (χ0) is 16.1. The maximum Gasteiger partial charge on any atom is 0.337 e. The molecule has 0 saturated heterocycles. The highest BCUT2D eigenvalue weighted by Gasteiger charge is 2.10. The summed E-state index contributed by atoms with van der Waals surface area (Å²) in [6.07, 6.45) is 2.80. The number of hydrogen-bond acceptors (Lipinski definition) is 2. The van der Waals surface area contributed by atoms with Gasteiger partial charge in [0.25, 0.3) is 0 Å². The summed E-state index contributed by atoms with van der Waals surface area (Å²) in [4.78, 5) is 22.9. The number of aryl methyl sites for hydroxylation is 1. The van der Waals surface area contributed by atoms with Crippen LogP contribution >= 0.6 is 0 Å². The van der Waals surface area contributed by atoms with Gasteiger partial charge < -0.3 is 10.4 Å². The lowest BCUT2D eigenvalue weighted by Gasteiger charge is -2.05. The Hall–Kier alpha value is -2.95. The molecule has 2 aromatic carbocycles. The van der Waals surface area contributed by atoms with E-state index in [9.17, 15) is 14.0 Å². The topological polar surface area (TPSA) is 66.4 Å². The number of carbonyl (C=O) groups is 2. The fraction of sp³-hybridized carbons (Fsp3) is 0.0588. The number of hydrogen-bond donors (Lipinski definition) is 2. The van der Waals surface area contributed by atoms with Crippen molar-refractivity contribution in [3.63, 3.8) is 0 Å². The molecule has 1 amide bonds. The van der Waals surface area contributed by atoms with Gasteiger partial charge in [-0.1, -0.05) is 18.2 Å². The van der Waals surface area contributed by atoms with Gasteiger partial charge in [-0.25, -0.2) is 9.18 Å². The smallest absolute Gasteiger partial charge is 0.337 e. The van der Waals surface area contributed by atoms with E-state index in [0.29, 0.717) is 11.1 Å². The Kier molecular flexibility index (Phi) is 4.68. The van der Waals surface area contributed by atoms with Gasteiger partial charge in [-0.3, -0.25) is 4.79 Å². The molecule has 0 bridgehead atoms. The molecule has 0 aliphatic heterocycles. The Morgan fingerprint density at radius 2 is 1.91 bits per heavy atom. The third kappa shape index (κ3) is 3.79. The zero-order valence-electron chi connectivity index (χ0n) is 11.8. The summed E-state index contributed by atoms with van der Waals surface area (Å²) >= 11 is 0. The first kappa shape index (κ1) is 15.4. The van der Waals surface area contributed by atoms with Gasteiger partial charge in [0.2, 0.25) is 5.91 Å². The van der Waals surface area contributed by atoms with E-state index < -0.39 is 11.9 Å². The van der Waals surface area contributed by atoms with Crippen LogP contribution in [0.4, 0.5) is 10.1 Å². The molecule has 0 aromatic heterocycles. The predicted molar refractivity (Wildman–Crippen MR) is 82.2 cm³/mol. The minimum absolute atomic E-state index is 0.0156. The number of amides is 1. The SMILES string of the molecule is Cc1cc(/C=C/C(=O)Nc2ccccc2C(=O)O)ccc1F. The zero-order valence-corrected chi connectivity index (χ0v) is 11.8. The predicted octanol–water partition coefficient (Wildman–Crippen LogP) is 3.48. The highest BCUT2D eigenvalue weighted by atomic mass is 19.1. The summed E-state index contributed by atoms with van der Waals surface area (Å²) in [7, 11) is 0. The first-order chi connectivity index (χ1) is 10.5. The average Bonchev–Trinajstić information content (AvgIpc) is 2.49. The molecule has 22 heavy (non-hydrogen) atoms. The molecule has 2 aromatic rings. The molecular weight excluding hydrogens is 285 g/mol. The minimum atomic E-state index is -1.12. The standard InChI is InChI=1S/C17H14FNO3/c1-11-10-12(6-8-14(11)18)7-9-16(20)19-15-5-3-2-4-13(15)17(21)22/h2-10H,1H3,(H,19,20)(H,21,22)/b9-7+. The van der Waals surface area contributed by atoms with E-state index >= 15 is 0 Å². The lowest BCUT2D eigenvalue weighted by atomic mass is 10.1. The van der Waals surface area contributed by atoms with Gasteiger partial charge in [-0.05, 0) is 48.4 Å². The molecule has 0 aliphatic rings. The normalized spacial score (nSPS) is 10.6. The van der Waals surface area contributed by atoms with Crippen molar-refractivity contribution >= 4 is 23.6 Å². The highest BCUT2D eigenvalue weighted by Crippen LogP contribution is 2.15. The number of aromatic carboxylic acids is 1. The number of carboxylic acid groups (broad SMARTS) is 1. The van der Waals surface area contributed by atoms with E-state index in [1.165, 1.54) is 30.4 Å². The largest absolute Gasteiger partial charge is 0.478 e. The molecule has 4 nitrogen and oxygen atoms in total. The van der Waals surface area contributed by atoms with E-state index in [4.69, 9.17) is 5.11 Å². The van der Waals surface area contributed by atoms with E-state index in [1.54, 1.807) is 31.2 Å². The first-order valence-electron chi connectivity index (χ1n) is 6.55. The van der Waals surface area contributed by atoms with E-state index in [2.05, 4.69) is 5.32 Å². The number of anilines is 1. The Labute approximate surface area is 126 Å². The van der Waals surface area contributed by atoms with Crippen molar-refractivity contribution in [1.82, 2.24) is 0 Å². The van der Waals surface area contributed by atoms with Gasteiger partial charge >= 0.3 is 5.97 Å². The van der Waals surface area contributed by atoms with Crippen LogP contribution in [0.3, 0.4) is 0 Å². The fourth-order valence-electron chi connectivity index (χ4n) is 1.90. The number of nitrogens with one attached hydrogen (secondary N) is 1. The van der Waals surface area contributed by atoms with Crippen LogP contribution in [0.2, 0.25) is 0 Å². The second kappa shape index (κ2) is 6.67. The second-order valence-electron chi connectivity index (χ2n) is 4.68. The van der Waals surface area contributed by atoms with E-state index in [0.717, 1.165) is 0 Å². The monoisotopic (exact) mass is 299 g/mol. The quantitative estimate of drug-likeness (QED) is 0.849. The van der Waals surface area contributed by atoms with Crippen LogP contribution in [0.1, 0.15) is 21.5 Å². The average molecular weight is 299 g/mol. The van der Waals surface area contributed by atoms with Gasteiger partial charge in [-0.2, -0.15) is 0 Å². The molecule has 2 N–H and O–H groups in total. The minimum Gasteiger partial charge on any atom is -0.478 e. The number of benzene rings is 2. The molecule has 0 unspecified atom stereocenters. The third-order valence-electron chi connectivity index (χ3n) is 3.02. The Bertz CT molecular complexity index is 753. The fourth-order valence-corrected chi connectivity index (χ4v) is 1.90. The molecule has 112 valence electrons. The lowest BCUT2D eigenvalue weighted by Crippen LogP contribution is -2.11. The summed E-state index contributed by atoms with van der Waals surface area (Å²) in [5.41, 5.74) is 1.40. The first-order valence-corrected chi connectivity index (χ1v) is 6.55. The van der Waals surface area contributed by atoms with Crippen LogP contribution in [0.15, 0.2) is 48.5 Å². The van der Waals surface area contributed by atoms with Crippen LogP contribution in [0, 0.1) is 12.7 Å². The molecular formula is C17H14FNO3. The summed E-state index contributed by atoms with van der Waals surface area (Å²) in [5, 5.41) is 11.5. The number of carboxylic acids is 1. The molecule has 0 saturated carbocycles. The van der Waals surface area contributed by atoms with Crippen molar-refractivity contribution in [2.45, 2.75) is 6.92 Å². The van der Waals surface area contributed by atoms with Gasteiger partial charge in [0.1, 0.15) is 5.82 Å². The second-order valence-corrected chi connectivity index (χ2v) is 4.68. The number of para-hydroxylation sites is 1. The summed E-state index contributed by atoms with van der Waals surface area (Å²) in [6, 6.07) is 10.6. The van der Waals surface area contributed by atoms with Gasteiger partial charge in [-0.15, -0.1) is 0 Å². The van der Waals surface area contributed by atoms with Crippen molar-refractivity contribution in [2.24, 2.45) is 0 Å². The number of rotatable bonds is 4. The molecule has 0 heterocycles. The summed E-state index contributed by atoms with van der Waals surface area (Å²) in [5.74, 6) is -1.89. The Balaban J connectivity index is 2.11. The maximum absolute atomic E-state index is 13.1. The van der Waals surface area contributed by atoms with Crippen LogP contribution < -0.4 is 5.32 Å². The molecule has 0 spiro atoms. The van der Waals surface area contributed by atoms with Gasteiger partial charge in [0.05, 0.1) is 11.3 Å². The van der Waals surface area contributed by atoms with Crippen LogP contribution in [-0.4, -0.2) is 17.0 Å². The summed E-state index contributed by atoms with van der Waals surface area (Å²) in [6.45, 7) is 1.63. The highest BCUT2D eigenvalue weighted by molar-refractivity contribution is 6.06. The van der Waals surface area contributed by atoms with Crippen molar-refractivity contribution in [1.29, 1.82) is 0 Å². The number of carbonyl (C=O) groups excluding carboxylic acids is 1. The van der Waals surface area contributed by atoms with Crippen LogP contribution in [-0.2, 0) is 4.79 Å². The molecule has 0 radical (unpaired) electrons. The van der Waals surface area contributed by atoms with Crippen molar-refractivity contribution in [3.05, 3.63) is 71.0 Å². The lowest BCUT2D eigenvalue weighted by molar-refractivity contribution is -0.111. The Morgan fingerprint density at radius 1 is 1.18 bits per heavy atom.